The summed E-state index contributed by atoms with van der Waals surface area (Å²) in [4.78, 5) is 12.1. The molecule has 6 nitrogen and oxygen atoms in total. The van der Waals surface area contributed by atoms with Crippen molar-refractivity contribution in [3.8, 4) is 0 Å². The molecule has 7 heteroatoms. The fourth-order valence-electron chi connectivity index (χ4n) is 2.55. The van der Waals surface area contributed by atoms with Gasteiger partial charge in [0.1, 0.15) is 5.82 Å². The molecular weight excluding hydrogens is 334 g/mol. The van der Waals surface area contributed by atoms with E-state index in [4.69, 9.17) is 5.73 Å². The summed E-state index contributed by atoms with van der Waals surface area (Å²) < 4.78 is 2.18. The normalized spacial score (nSPS) is 11.1. The minimum atomic E-state index is -0.0583. The highest BCUT2D eigenvalue weighted by atomic mass is 32.2. The largest absolute Gasteiger partial charge is 0.352 e. The van der Waals surface area contributed by atoms with Gasteiger partial charge in [0.25, 0.3) is 5.91 Å². The molecule has 0 radical (unpaired) electrons. The number of hydrogen-bond acceptors (Lipinski definition) is 5. The highest BCUT2D eigenvalue weighted by Crippen LogP contribution is 2.16. The summed E-state index contributed by atoms with van der Waals surface area (Å²) in [6.07, 6.45) is 3.64. The molecule has 136 valence electrons. The number of thioether (sulfide) groups is 1. The number of carbonyl (C=O) groups is 1. The first-order valence-corrected chi connectivity index (χ1v) is 9.81. The maximum absolute atomic E-state index is 12.1. The topological polar surface area (TPSA) is 85.8 Å². The van der Waals surface area contributed by atoms with E-state index in [9.17, 15) is 4.79 Å². The lowest BCUT2D eigenvalue weighted by atomic mass is 10.1. The second-order valence-corrected chi connectivity index (χ2v) is 7.14. The molecule has 1 amide bonds. The number of aromatic nitrogens is 3. The predicted octanol–water partition coefficient (Wildman–Crippen LogP) is 2.48. The zero-order valence-corrected chi connectivity index (χ0v) is 16.0. The van der Waals surface area contributed by atoms with Crippen molar-refractivity contribution >= 4 is 17.7 Å². The van der Waals surface area contributed by atoms with Gasteiger partial charge < -0.3 is 15.6 Å². The van der Waals surface area contributed by atoms with E-state index in [0.717, 1.165) is 35.9 Å². The molecule has 0 fully saturated rings. The Morgan fingerprint density at radius 3 is 2.60 bits per heavy atom. The van der Waals surface area contributed by atoms with E-state index in [2.05, 4.69) is 33.9 Å². The maximum Gasteiger partial charge on any atom is 0.251 e. The van der Waals surface area contributed by atoms with E-state index in [0.29, 0.717) is 24.6 Å². The van der Waals surface area contributed by atoms with Crippen LogP contribution in [0.2, 0.25) is 0 Å². The first-order valence-electron chi connectivity index (χ1n) is 8.58. The molecule has 0 aliphatic carbocycles. The van der Waals surface area contributed by atoms with Gasteiger partial charge in [0.05, 0.1) is 0 Å². The molecule has 0 aliphatic heterocycles. The molecular formula is C18H27N5OS. The van der Waals surface area contributed by atoms with Crippen LogP contribution in [0.1, 0.15) is 42.0 Å². The van der Waals surface area contributed by atoms with Crippen molar-refractivity contribution in [2.24, 2.45) is 11.7 Å². The van der Waals surface area contributed by atoms with Crippen molar-refractivity contribution in [1.29, 1.82) is 0 Å². The third-order valence-corrected chi connectivity index (χ3v) is 4.51. The lowest BCUT2D eigenvalue weighted by Crippen LogP contribution is -2.25. The molecule has 0 aliphatic rings. The number of rotatable bonds is 9. The molecule has 1 aromatic carbocycles. The molecule has 0 bridgehead atoms. The van der Waals surface area contributed by atoms with Gasteiger partial charge in [-0.3, -0.25) is 4.79 Å². The van der Waals surface area contributed by atoms with Gasteiger partial charge in [-0.2, -0.15) is 0 Å². The number of nitrogens with two attached hydrogens (primary N) is 1. The summed E-state index contributed by atoms with van der Waals surface area (Å²) in [7, 11) is 0. The Morgan fingerprint density at radius 2 is 2.00 bits per heavy atom. The maximum atomic E-state index is 12.1. The van der Waals surface area contributed by atoms with Crippen molar-refractivity contribution < 1.29 is 4.79 Å². The molecule has 2 rings (SSSR count). The van der Waals surface area contributed by atoms with Gasteiger partial charge in [0.15, 0.2) is 5.16 Å². The number of amides is 1. The molecule has 1 heterocycles. The molecule has 3 N–H and O–H groups in total. The number of nitrogens with zero attached hydrogens (tertiary/aromatic N) is 3. The van der Waals surface area contributed by atoms with Crippen LogP contribution in [0.15, 0.2) is 29.4 Å². The Kier molecular flexibility index (Phi) is 7.46. The summed E-state index contributed by atoms with van der Waals surface area (Å²) in [5, 5.41) is 12.5. The quantitative estimate of drug-likeness (QED) is 0.529. The van der Waals surface area contributed by atoms with Crippen LogP contribution in [0.4, 0.5) is 0 Å². The molecule has 0 saturated carbocycles. The van der Waals surface area contributed by atoms with Gasteiger partial charge >= 0.3 is 0 Å². The zero-order chi connectivity index (χ0) is 18.2. The number of carbonyl (C=O) groups excluding carboxylic acids is 1. The zero-order valence-electron chi connectivity index (χ0n) is 15.2. The van der Waals surface area contributed by atoms with E-state index in [1.807, 2.05) is 30.5 Å². The summed E-state index contributed by atoms with van der Waals surface area (Å²) in [6.45, 7) is 6.38. The Labute approximate surface area is 153 Å². The van der Waals surface area contributed by atoms with Crippen LogP contribution >= 0.6 is 11.8 Å². The third kappa shape index (κ3) is 5.57. The predicted molar refractivity (Wildman–Crippen MR) is 102 cm³/mol. The van der Waals surface area contributed by atoms with E-state index in [1.54, 1.807) is 11.8 Å². The number of hydrogen-bond donors (Lipinski definition) is 2. The van der Waals surface area contributed by atoms with Crippen LogP contribution < -0.4 is 11.1 Å². The third-order valence-electron chi connectivity index (χ3n) is 3.84. The number of benzene rings is 1. The van der Waals surface area contributed by atoms with E-state index in [1.165, 1.54) is 0 Å². The Bertz CT molecular complexity index is 681. The van der Waals surface area contributed by atoms with Gasteiger partial charge in [0.2, 0.25) is 0 Å². The van der Waals surface area contributed by atoms with E-state index in [-0.39, 0.29) is 5.91 Å². The van der Waals surface area contributed by atoms with Crippen molar-refractivity contribution in [3.05, 3.63) is 41.2 Å². The van der Waals surface area contributed by atoms with Crippen LogP contribution in [-0.4, -0.2) is 33.5 Å². The smallest absolute Gasteiger partial charge is 0.251 e. The van der Waals surface area contributed by atoms with Crippen LogP contribution in [0.5, 0.6) is 0 Å². The number of aryl methyl sites for hydroxylation is 1. The van der Waals surface area contributed by atoms with Gasteiger partial charge in [0, 0.05) is 31.6 Å². The Morgan fingerprint density at radius 1 is 1.28 bits per heavy atom. The lowest BCUT2D eigenvalue weighted by molar-refractivity contribution is 0.0953. The summed E-state index contributed by atoms with van der Waals surface area (Å²) in [5.41, 5.74) is 7.24. The van der Waals surface area contributed by atoms with Gasteiger partial charge in [-0.15, -0.1) is 10.2 Å². The van der Waals surface area contributed by atoms with Gasteiger partial charge in [-0.25, -0.2) is 0 Å². The second kappa shape index (κ2) is 9.58. The first kappa shape index (κ1) is 19.5. The Balaban J connectivity index is 1.84. The van der Waals surface area contributed by atoms with Crippen LogP contribution in [0.3, 0.4) is 0 Å². The van der Waals surface area contributed by atoms with E-state index >= 15 is 0 Å². The SMILES string of the molecule is CSc1nnc(CCCNC(=O)c2ccc(CN)cc2)n1CC(C)C. The molecule has 0 atom stereocenters. The molecule has 0 saturated heterocycles. The second-order valence-electron chi connectivity index (χ2n) is 6.37. The van der Waals surface area contributed by atoms with Crippen LogP contribution in [0, 0.1) is 5.92 Å². The van der Waals surface area contributed by atoms with E-state index < -0.39 is 0 Å². The average Bonchev–Trinajstić information content (AvgIpc) is 2.99. The van der Waals surface area contributed by atoms with Crippen LogP contribution in [-0.2, 0) is 19.5 Å². The van der Waals surface area contributed by atoms with Crippen molar-refractivity contribution in [2.45, 2.75) is 44.9 Å². The highest BCUT2D eigenvalue weighted by Gasteiger charge is 2.12. The molecule has 0 spiro atoms. The average molecular weight is 362 g/mol. The molecule has 25 heavy (non-hydrogen) atoms. The first-order chi connectivity index (χ1) is 12.0. The van der Waals surface area contributed by atoms with Crippen LogP contribution in [0.25, 0.3) is 0 Å². The van der Waals surface area contributed by atoms with Gasteiger partial charge in [-0.1, -0.05) is 37.7 Å². The summed E-state index contributed by atoms with van der Waals surface area (Å²) >= 11 is 1.61. The molecule has 2 aromatic rings. The van der Waals surface area contributed by atoms with Gasteiger partial charge in [-0.05, 0) is 36.3 Å². The lowest BCUT2D eigenvalue weighted by Gasteiger charge is -2.11. The fourth-order valence-corrected chi connectivity index (χ4v) is 3.07. The molecule has 0 unspecified atom stereocenters. The minimum absolute atomic E-state index is 0.0583. The van der Waals surface area contributed by atoms with Crippen molar-refractivity contribution in [3.63, 3.8) is 0 Å². The standard InChI is InChI=1S/C18H27N5OS/c1-13(2)12-23-16(21-22-18(23)25-3)5-4-10-20-17(24)15-8-6-14(11-19)7-9-15/h6-9,13H,4-5,10-12,19H2,1-3H3,(H,20,24). The molecule has 1 aromatic heterocycles. The highest BCUT2D eigenvalue weighted by molar-refractivity contribution is 7.98. The number of nitrogens with one attached hydrogen (secondary N) is 1. The minimum Gasteiger partial charge on any atom is -0.352 e. The van der Waals surface area contributed by atoms with Crippen molar-refractivity contribution in [1.82, 2.24) is 20.1 Å². The Hall–Kier alpha value is -1.86. The monoisotopic (exact) mass is 361 g/mol. The fraction of sp³-hybridized carbons (Fsp3) is 0.500. The summed E-state index contributed by atoms with van der Waals surface area (Å²) in [5.74, 6) is 1.47. The van der Waals surface area contributed by atoms with Crippen molar-refractivity contribution in [2.75, 3.05) is 12.8 Å². The summed E-state index contributed by atoms with van der Waals surface area (Å²) in [6, 6.07) is 7.38.